The summed E-state index contributed by atoms with van der Waals surface area (Å²) >= 11 is 0. The first kappa shape index (κ1) is 23.1. The quantitative estimate of drug-likeness (QED) is 0.489. The summed E-state index contributed by atoms with van der Waals surface area (Å²) in [5.41, 5.74) is 4.55. The van der Waals surface area contributed by atoms with Crippen molar-refractivity contribution in [3.8, 4) is 0 Å². The Labute approximate surface area is 205 Å². The van der Waals surface area contributed by atoms with Crippen molar-refractivity contribution in [2.24, 2.45) is 5.92 Å². The summed E-state index contributed by atoms with van der Waals surface area (Å²) in [6, 6.07) is 13.9. The lowest BCUT2D eigenvalue weighted by Crippen LogP contribution is -2.56. The molecule has 7 heteroatoms. The molecule has 0 bridgehead atoms. The smallest absolute Gasteiger partial charge is 0.255 e. The number of nitrogens with zero attached hydrogens (tertiary/aromatic N) is 1. The summed E-state index contributed by atoms with van der Waals surface area (Å²) in [5, 5.41) is 6.98. The Kier molecular flexibility index (Phi) is 6.09. The highest BCUT2D eigenvalue weighted by atomic mass is 16.2. The van der Waals surface area contributed by atoms with E-state index in [-0.39, 0.29) is 29.7 Å². The van der Waals surface area contributed by atoms with Crippen molar-refractivity contribution < 1.29 is 14.4 Å². The van der Waals surface area contributed by atoms with Crippen LogP contribution in [0.2, 0.25) is 0 Å². The van der Waals surface area contributed by atoms with Crippen molar-refractivity contribution >= 4 is 28.6 Å². The Bertz CT molecular complexity index is 1290. The van der Waals surface area contributed by atoms with Gasteiger partial charge in [0.2, 0.25) is 11.8 Å². The molecule has 0 aliphatic carbocycles. The van der Waals surface area contributed by atoms with Gasteiger partial charge in [-0.15, -0.1) is 0 Å². The molecule has 3 N–H and O–H groups in total. The molecule has 2 aliphatic rings. The molecule has 3 atom stereocenters. The second-order valence-electron chi connectivity index (χ2n) is 9.97. The number of amides is 3. The molecule has 35 heavy (non-hydrogen) atoms. The molecule has 3 heterocycles. The van der Waals surface area contributed by atoms with Gasteiger partial charge < -0.3 is 20.5 Å². The Balaban J connectivity index is 1.53. The predicted octanol–water partition coefficient (Wildman–Crippen LogP) is 3.69. The fourth-order valence-electron chi connectivity index (χ4n) is 5.48. The summed E-state index contributed by atoms with van der Waals surface area (Å²) in [7, 11) is 0. The van der Waals surface area contributed by atoms with E-state index in [9.17, 15) is 14.4 Å². The third-order valence-electron chi connectivity index (χ3n) is 7.04. The van der Waals surface area contributed by atoms with Crippen molar-refractivity contribution in [3.63, 3.8) is 0 Å². The zero-order valence-electron chi connectivity index (χ0n) is 20.4. The number of carbonyl (C=O) groups is 3. The van der Waals surface area contributed by atoms with Crippen LogP contribution >= 0.6 is 0 Å². The standard InChI is InChI=1S/C28H32N4O3/c1-4-13-29-26(33)22(14-16(2)3)31-27(34)23-15-20-17-9-7-8-12-21(17)30-24(20)25-18-10-5-6-11-19(18)28(35)32(23)25/h5-12,16,22-23,25,30H,4,13-15H2,1-3H3,(H,29,33)(H,31,34)/t22-,23-,25-/m0/s1. The summed E-state index contributed by atoms with van der Waals surface area (Å²) in [6.45, 7) is 6.62. The van der Waals surface area contributed by atoms with E-state index in [1.165, 1.54) is 0 Å². The van der Waals surface area contributed by atoms with Gasteiger partial charge in [0.25, 0.3) is 5.91 Å². The van der Waals surface area contributed by atoms with Crippen LogP contribution in [-0.4, -0.2) is 46.2 Å². The Morgan fingerprint density at radius 1 is 1.11 bits per heavy atom. The van der Waals surface area contributed by atoms with Crippen molar-refractivity contribution in [1.29, 1.82) is 0 Å². The number of carbonyl (C=O) groups excluding carboxylic acids is 3. The zero-order valence-corrected chi connectivity index (χ0v) is 20.4. The number of hydrogen-bond acceptors (Lipinski definition) is 3. The monoisotopic (exact) mass is 472 g/mol. The van der Waals surface area contributed by atoms with Crippen molar-refractivity contribution in [3.05, 3.63) is 70.9 Å². The van der Waals surface area contributed by atoms with Crippen LogP contribution in [0.25, 0.3) is 10.9 Å². The molecule has 182 valence electrons. The molecule has 0 saturated heterocycles. The third kappa shape index (κ3) is 3.99. The van der Waals surface area contributed by atoms with Gasteiger partial charge in [-0.3, -0.25) is 14.4 Å². The summed E-state index contributed by atoms with van der Waals surface area (Å²) in [4.78, 5) is 45.4. The second-order valence-corrected chi connectivity index (χ2v) is 9.97. The van der Waals surface area contributed by atoms with Crippen molar-refractivity contribution in [1.82, 2.24) is 20.5 Å². The SMILES string of the molecule is CCCNC(=O)[C@H](CC(C)C)NC(=O)[C@@H]1Cc2c([nH]c3ccccc23)[C@@H]2c3ccccc3C(=O)N21. The topological polar surface area (TPSA) is 94.3 Å². The summed E-state index contributed by atoms with van der Waals surface area (Å²) in [6.07, 6.45) is 1.75. The highest BCUT2D eigenvalue weighted by Gasteiger charge is 2.49. The molecule has 2 aliphatic heterocycles. The molecule has 7 nitrogen and oxygen atoms in total. The van der Waals surface area contributed by atoms with Crippen LogP contribution < -0.4 is 10.6 Å². The highest BCUT2D eigenvalue weighted by molar-refractivity contribution is 6.04. The van der Waals surface area contributed by atoms with Gasteiger partial charge in [-0.1, -0.05) is 57.2 Å². The number of benzene rings is 2. The first-order chi connectivity index (χ1) is 16.9. The molecule has 0 unspecified atom stereocenters. The van der Waals surface area contributed by atoms with E-state index in [1.54, 1.807) is 4.90 Å². The normalized spacial score (nSPS) is 19.3. The molecule has 0 radical (unpaired) electrons. The maximum absolute atomic E-state index is 13.8. The van der Waals surface area contributed by atoms with Crippen LogP contribution in [0.5, 0.6) is 0 Å². The molecule has 0 fully saturated rings. The fraction of sp³-hybridized carbons (Fsp3) is 0.393. The average Bonchev–Trinajstić information content (AvgIpc) is 3.37. The van der Waals surface area contributed by atoms with Crippen LogP contribution in [0.15, 0.2) is 48.5 Å². The Morgan fingerprint density at radius 3 is 2.63 bits per heavy atom. The van der Waals surface area contributed by atoms with Crippen molar-refractivity contribution in [2.45, 2.75) is 58.2 Å². The molecule has 3 aromatic rings. The molecular weight excluding hydrogens is 440 g/mol. The molecule has 2 aromatic carbocycles. The number of para-hydroxylation sites is 1. The van der Waals surface area contributed by atoms with E-state index in [0.29, 0.717) is 24.9 Å². The van der Waals surface area contributed by atoms with Crippen LogP contribution in [0.4, 0.5) is 0 Å². The van der Waals surface area contributed by atoms with Gasteiger partial charge >= 0.3 is 0 Å². The third-order valence-corrected chi connectivity index (χ3v) is 7.04. The van der Waals surface area contributed by atoms with E-state index in [4.69, 9.17) is 0 Å². The number of aromatic nitrogens is 1. The molecule has 0 spiro atoms. The number of hydrogen-bond donors (Lipinski definition) is 3. The van der Waals surface area contributed by atoms with E-state index < -0.39 is 12.1 Å². The maximum atomic E-state index is 13.8. The first-order valence-electron chi connectivity index (χ1n) is 12.5. The van der Waals surface area contributed by atoms with Gasteiger partial charge in [-0.05, 0) is 42.0 Å². The first-order valence-corrected chi connectivity index (χ1v) is 12.5. The number of nitrogens with one attached hydrogen (secondary N) is 3. The molecule has 5 rings (SSSR count). The van der Waals surface area contributed by atoms with Gasteiger partial charge in [-0.25, -0.2) is 0 Å². The second kappa shape index (κ2) is 9.21. The minimum atomic E-state index is -0.708. The van der Waals surface area contributed by atoms with Gasteiger partial charge in [0, 0.05) is 35.1 Å². The van der Waals surface area contributed by atoms with Gasteiger partial charge in [0.05, 0.1) is 6.04 Å². The number of fused-ring (bicyclic) bond motifs is 7. The summed E-state index contributed by atoms with van der Waals surface area (Å²) in [5.74, 6) is -0.384. The van der Waals surface area contributed by atoms with Crippen LogP contribution in [0.1, 0.15) is 66.8 Å². The lowest BCUT2D eigenvalue weighted by atomic mass is 9.89. The molecule has 0 saturated carbocycles. The maximum Gasteiger partial charge on any atom is 0.255 e. The average molecular weight is 473 g/mol. The predicted molar refractivity (Wildman–Crippen MR) is 135 cm³/mol. The van der Waals surface area contributed by atoms with Gasteiger partial charge in [0.1, 0.15) is 12.1 Å². The number of H-pyrrole nitrogens is 1. The van der Waals surface area contributed by atoms with E-state index in [0.717, 1.165) is 34.1 Å². The van der Waals surface area contributed by atoms with Gasteiger partial charge in [0.15, 0.2) is 0 Å². The number of aromatic amines is 1. The number of rotatable bonds is 7. The molecular formula is C28H32N4O3. The van der Waals surface area contributed by atoms with E-state index in [2.05, 4.69) is 21.7 Å². The highest BCUT2D eigenvalue weighted by Crippen LogP contribution is 2.46. The minimum absolute atomic E-state index is 0.147. The van der Waals surface area contributed by atoms with E-state index in [1.807, 2.05) is 63.2 Å². The van der Waals surface area contributed by atoms with Crippen LogP contribution in [-0.2, 0) is 16.0 Å². The lowest BCUT2D eigenvalue weighted by Gasteiger charge is -2.37. The summed E-state index contributed by atoms with van der Waals surface area (Å²) < 4.78 is 0. The van der Waals surface area contributed by atoms with Gasteiger partial charge in [-0.2, -0.15) is 0 Å². The van der Waals surface area contributed by atoms with E-state index >= 15 is 0 Å². The van der Waals surface area contributed by atoms with Crippen molar-refractivity contribution in [2.75, 3.05) is 6.54 Å². The van der Waals surface area contributed by atoms with Crippen LogP contribution in [0.3, 0.4) is 0 Å². The minimum Gasteiger partial charge on any atom is -0.356 e. The Morgan fingerprint density at radius 2 is 1.86 bits per heavy atom. The zero-order chi connectivity index (χ0) is 24.7. The molecule has 1 aromatic heterocycles. The molecule has 3 amide bonds. The van der Waals surface area contributed by atoms with Crippen LogP contribution in [0, 0.1) is 5.92 Å². The lowest BCUT2D eigenvalue weighted by molar-refractivity contribution is -0.132. The fourth-order valence-corrected chi connectivity index (χ4v) is 5.48. The largest absolute Gasteiger partial charge is 0.356 e. The Hall–Kier alpha value is -3.61.